The molecule has 0 aliphatic carbocycles. The fourth-order valence-electron chi connectivity index (χ4n) is 4.85. The van der Waals surface area contributed by atoms with E-state index in [0.717, 1.165) is 52.2 Å². The van der Waals surface area contributed by atoms with Gasteiger partial charge in [-0.15, -0.1) is 0 Å². The minimum atomic E-state index is -0.0417. The predicted octanol–water partition coefficient (Wildman–Crippen LogP) is 2.31. The van der Waals surface area contributed by atoms with Crippen LogP contribution in [0.4, 0.5) is 0 Å². The van der Waals surface area contributed by atoms with Crippen molar-refractivity contribution in [1.29, 1.82) is 0 Å². The van der Waals surface area contributed by atoms with Crippen LogP contribution < -0.4 is 0 Å². The highest BCUT2D eigenvalue weighted by atomic mass is 35.5. The summed E-state index contributed by atoms with van der Waals surface area (Å²) in [5.41, 5.74) is 0.681. The molecule has 3 saturated heterocycles. The summed E-state index contributed by atoms with van der Waals surface area (Å²) in [6.45, 7) is 7.77. The lowest BCUT2D eigenvalue weighted by Crippen LogP contribution is -2.47. The van der Waals surface area contributed by atoms with Gasteiger partial charge in [-0.1, -0.05) is 18.5 Å². The molecule has 130 valence electrons. The van der Waals surface area contributed by atoms with E-state index in [4.69, 9.17) is 16.3 Å². The molecule has 6 heteroatoms. The fourth-order valence-corrected chi connectivity index (χ4v) is 5.05. The first-order chi connectivity index (χ1) is 11.6. The summed E-state index contributed by atoms with van der Waals surface area (Å²) in [4.78, 5) is 21.4. The normalized spacial score (nSPS) is 29.2. The number of carbonyl (C=O) groups excluding carboxylic acids is 1. The smallest absolute Gasteiger partial charge is 0.273 e. The second kappa shape index (κ2) is 6.28. The maximum Gasteiger partial charge on any atom is 0.273 e. The summed E-state index contributed by atoms with van der Waals surface area (Å²) < 4.78 is 5.78. The van der Waals surface area contributed by atoms with E-state index in [1.807, 2.05) is 4.90 Å². The van der Waals surface area contributed by atoms with Crippen molar-refractivity contribution in [3.8, 4) is 0 Å². The standard InChI is InChI=1S/C18H24ClN3O2/c1-2-21-12-18(13-10-24-11-15(13)21)5-8-22(9-6-18)17(23)16-14(19)4-3-7-20-16/h3-4,7,13,15H,2,5-6,8-12H2,1H3/t13-,15+/m0/s1. The lowest BCUT2D eigenvalue weighted by atomic mass is 9.70. The number of aromatic nitrogens is 1. The molecule has 4 heterocycles. The number of hydrogen-bond donors (Lipinski definition) is 0. The SMILES string of the molecule is CCN1CC2(CCN(C(=O)c3ncccc3Cl)CC2)[C@H]2COC[C@H]21. The molecule has 3 fully saturated rings. The molecule has 3 aliphatic heterocycles. The van der Waals surface area contributed by atoms with Crippen molar-refractivity contribution < 1.29 is 9.53 Å². The minimum Gasteiger partial charge on any atom is -0.379 e. The molecule has 1 amide bonds. The van der Waals surface area contributed by atoms with Crippen LogP contribution in [0.1, 0.15) is 30.3 Å². The fraction of sp³-hybridized carbons (Fsp3) is 0.667. The monoisotopic (exact) mass is 349 g/mol. The van der Waals surface area contributed by atoms with E-state index in [1.54, 1.807) is 18.3 Å². The third kappa shape index (κ3) is 2.54. The highest BCUT2D eigenvalue weighted by molar-refractivity contribution is 6.33. The first-order valence-electron chi connectivity index (χ1n) is 8.86. The first-order valence-corrected chi connectivity index (χ1v) is 9.24. The van der Waals surface area contributed by atoms with E-state index in [-0.39, 0.29) is 5.91 Å². The van der Waals surface area contributed by atoms with Crippen molar-refractivity contribution in [1.82, 2.24) is 14.8 Å². The Labute approximate surface area is 147 Å². The second-order valence-electron chi connectivity index (χ2n) is 7.26. The van der Waals surface area contributed by atoms with Crippen molar-refractivity contribution in [2.45, 2.75) is 25.8 Å². The van der Waals surface area contributed by atoms with Gasteiger partial charge in [0.1, 0.15) is 5.69 Å². The Kier molecular flexibility index (Phi) is 4.27. The number of piperidine rings is 1. The summed E-state index contributed by atoms with van der Waals surface area (Å²) in [7, 11) is 0. The molecule has 0 radical (unpaired) electrons. The van der Waals surface area contributed by atoms with Gasteiger partial charge in [0.2, 0.25) is 0 Å². The van der Waals surface area contributed by atoms with Gasteiger partial charge in [-0.2, -0.15) is 0 Å². The van der Waals surface area contributed by atoms with E-state index in [0.29, 0.717) is 28.1 Å². The minimum absolute atomic E-state index is 0.0417. The molecule has 4 rings (SSSR count). The summed E-state index contributed by atoms with van der Waals surface area (Å²) in [5.74, 6) is 0.577. The molecule has 1 aromatic rings. The topological polar surface area (TPSA) is 45.7 Å². The molecule has 2 atom stereocenters. The van der Waals surface area contributed by atoms with Gasteiger partial charge >= 0.3 is 0 Å². The van der Waals surface area contributed by atoms with Crippen LogP contribution in [0.25, 0.3) is 0 Å². The molecular weight excluding hydrogens is 326 g/mol. The van der Waals surface area contributed by atoms with Gasteiger partial charge in [0, 0.05) is 37.8 Å². The molecule has 0 saturated carbocycles. The van der Waals surface area contributed by atoms with Gasteiger partial charge in [0.25, 0.3) is 5.91 Å². The predicted molar refractivity (Wildman–Crippen MR) is 92.2 cm³/mol. The van der Waals surface area contributed by atoms with Crippen LogP contribution in [0.15, 0.2) is 18.3 Å². The molecular formula is C18H24ClN3O2. The van der Waals surface area contributed by atoms with Crippen molar-refractivity contribution in [2.24, 2.45) is 11.3 Å². The van der Waals surface area contributed by atoms with Crippen LogP contribution in [0.2, 0.25) is 5.02 Å². The number of hydrogen-bond acceptors (Lipinski definition) is 4. The summed E-state index contributed by atoms with van der Waals surface area (Å²) >= 11 is 6.14. The van der Waals surface area contributed by atoms with Crippen molar-refractivity contribution in [3.05, 3.63) is 29.0 Å². The Morgan fingerprint density at radius 1 is 1.42 bits per heavy atom. The molecule has 1 spiro atoms. The number of amides is 1. The van der Waals surface area contributed by atoms with Crippen LogP contribution in [0.3, 0.4) is 0 Å². The quantitative estimate of drug-likeness (QED) is 0.822. The highest BCUT2D eigenvalue weighted by Crippen LogP contribution is 2.50. The largest absolute Gasteiger partial charge is 0.379 e. The van der Waals surface area contributed by atoms with Gasteiger partial charge in [-0.25, -0.2) is 4.98 Å². The van der Waals surface area contributed by atoms with Gasteiger partial charge in [-0.05, 0) is 36.9 Å². The Morgan fingerprint density at radius 2 is 2.21 bits per heavy atom. The van der Waals surface area contributed by atoms with Gasteiger partial charge in [0.05, 0.1) is 18.2 Å². The van der Waals surface area contributed by atoms with Crippen molar-refractivity contribution in [2.75, 3.05) is 39.4 Å². The number of fused-ring (bicyclic) bond motifs is 2. The van der Waals surface area contributed by atoms with Gasteiger partial charge in [-0.3, -0.25) is 9.69 Å². The molecule has 0 bridgehead atoms. The molecule has 0 unspecified atom stereocenters. The summed E-state index contributed by atoms with van der Waals surface area (Å²) in [5, 5.41) is 0.435. The van der Waals surface area contributed by atoms with E-state index in [2.05, 4.69) is 16.8 Å². The number of likely N-dealkylation sites (tertiary alicyclic amines) is 2. The molecule has 0 aromatic carbocycles. The van der Waals surface area contributed by atoms with Crippen molar-refractivity contribution in [3.63, 3.8) is 0 Å². The van der Waals surface area contributed by atoms with Gasteiger partial charge in [0.15, 0.2) is 0 Å². The third-order valence-corrected chi connectivity index (χ3v) is 6.54. The second-order valence-corrected chi connectivity index (χ2v) is 7.67. The number of carbonyl (C=O) groups is 1. The van der Waals surface area contributed by atoms with E-state index < -0.39 is 0 Å². The molecule has 24 heavy (non-hydrogen) atoms. The highest BCUT2D eigenvalue weighted by Gasteiger charge is 2.55. The van der Waals surface area contributed by atoms with E-state index in [1.165, 1.54) is 0 Å². The van der Waals surface area contributed by atoms with Crippen LogP contribution >= 0.6 is 11.6 Å². The zero-order chi connectivity index (χ0) is 16.7. The zero-order valence-electron chi connectivity index (χ0n) is 14.1. The maximum absolute atomic E-state index is 12.7. The van der Waals surface area contributed by atoms with Crippen LogP contribution in [-0.2, 0) is 4.74 Å². The lowest BCUT2D eigenvalue weighted by molar-refractivity contribution is 0.0399. The average Bonchev–Trinajstić information content (AvgIpc) is 3.19. The average molecular weight is 350 g/mol. The number of ether oxygens (including phenoxy) is 1. The number of likely N-dealkylation sites (N-methyl/N-ethyl adjacent to an activating group) is 1. The first kappa shape index (κ1) is 16.3. The van der Waals surface area contributed by atoms with Crippen molar-refractivity contribution >= 4 is 17.5 Å². The Bertz CT molecular complexity index is 630. The Morgan fingerprint density at radius 3 is 2.92 bits per heavy atom. The number of halogens is 1. The van der Waals surface area contributed by atoms with Gasteiger partial charge < -0.3 is 9.64 Å². The summed E-state index contributed by atoms with van der Waals surface area (Å²) in [6, 6.07) is 4.05. The molecule has 0 N–H and O–H groups in total. The van der Waals surface area contributed by atoms with Crippen LogP contribution in [0.5, 0.6) is 0 Å². The third-order valence-electron chi connectivity index (χ3n) is 6.24. The Balaban J connectivity index is 1.47. The maximum atomic E-state index is 12.7. The van der Waals surface area contributed by atoms with E-state index in [9.17, 15) is 4.79 Å². The van der Waals surface area contributed by atoms with Crippen LogP contribution in [0, 0.1) is 11.3 Å². The lowest BCUT2D eigenvalue weighted by Gasteiger charge is -2.42. The van der Waals surface area contributed by atoms with E-state index >= 15 is 0 Å². The summed E-state index contributed by atoms with van der Waals surface area (Å²) in [6.07, 6.45) is 3.72. The molecule has 1 aromatic heterocycles. The number of rotatable bonds is 2. The zero-order valence-corrected chi connectivity index (χ0v) is 14.8. The number of nitrogens with zero attached hydrogens (tertiary/aromatic N) is 3. The van der Waals surface area contributed by atoms with Crippen LogP contribution in [-0.4, -0.2) is 66.1 Å². The molecule has 5 nitrogen and oxygen atoms in total. The Hall–Kier alpha value is -1.17. The number of pyridine rings is 1. The molecule has 3 aliphatic rings.